The molecule has 0 fully saturated rings. The molecule has 1 aromatic heterocycles. The molecule has 4 nitrogen and oxygen atoms in total. The third kappa shape index (κ3) is 4.02. The Morgan fingerprint density at radius 2 is 1.95 bits per heavy atom. The molecule has 1 unspecified atom stereocenters. The largest absolute Gasteiger partial charge is 0.370 e. The monoisotopic (exact) mass is 378 g/mol. The first-order chi connectivity index (χ1) is 8.68. The van der Waals surface area contributed by atoms with Crippen LogP contribution in [-0.2, 0) is 10.2 Å². The lowest BCUT2D eigenvalue weighted by atomic mass is 9.92. The van der Waals surface area contributed by atoms with Crippen LogP contribution < -0.4 is 5.56 Å². The van der Waals surface area contributed by atoms with Crippen LogP contribution in [0, 0.1) is 9.49 Å². The topological polar surface area (TPSA) is 55.0 Å². The molecule has 1 atom stereocenters. The Balaban J connectivity index is 3.38. The van der Waals surface area contributed by atoms with Crippen LogP contribution >= 0.6 is 22.6 Å². The molecule has 108 valence electrons. The third-order valence-corrected chi connectivity index (χ3v) is 3.81. The molecule has 0 spiro atoms. The lowest BCUT2D eigenvalue weighted by molar-refractivity contribution is 0.0227. The van der Waals surface area contributed by atoms with Crippen molar-refractivity contribution in [1.82, 2.24) is 9.97 Å². The number of H-pyrrole nitrogens is 1. The summed E-state index contributed by atoms with van der Waals surface area (Å²) in [6.07, 6.45) is -0.171. The number of hydrogen-bond acceptors (Lipinski definition) is 3. The number of halogens is 1. The predicted molar refractivity (Wildman–Crippen MR) is 85.5 cm³/mol. The summed E-state index contributed by atoms with van der Waals surface area (Å²) in [4.78, 5) is 19.6. The van der Waals surface area contributed by atoms with Crippen molar-refractivity contribution >= 4 is 22.6 Å². The quantitative estimate of drug-likeness (QED) is 0.818. The van der Waals surface area contributed by atoms with Gasteiger partial charge in [-0.2, -0.15) is 0 Å². The fourth-order valence-corrected chi connectivity index (χ4v) is 2.94. The van der Waals surface area contributed by atoms with Crippen LogP contribution in [0.25, 0.3) is 0 Å². The number of aromatic amines is 1. The molecule has 0 aromatic carbocycles. The highest BCUT2D eigenvalue weighted by molar-refractivity contribution is 14.1. The SMILES string of the molecule is CCOC(c1nc(C(C)(C)C)c(I)c(=O)[nH]1)C(C)C. The Labute approximate surface area is 128 Å². The average molecular weight is 378 g/mol. The van der Waals surface area contributed by atoms with E-state index in [1.54, 1.807) is 0 Å². The van der Waals surface area contributed by atoms with Gasteiger partial charge in [-0.1, -0.05) is 34.6 Å². The molecule has 0 aliphatic rings. The summed E-state index contributed by atoms with van der Waals surface area (Å²) < 4.78 is 6.38. The van der Waals surface area contributed by atoms with Gasteiger partial charge in [-0.25, -0.2) is 4.98 Å². The summed E-state index contributed by atoms with van der Waals surface area (Å²) in [5.74, 6) is 0.892. The van der Waals surface area contributed by atoms with E-state index in [1.807, 2.05) is 6.92 Å². The molecule has 1 N–H and O–H groups in total. The normalized spacial score (nSPS) is 13.9. The third-order valence-electron chi connectivity index (χ3n) is 2.81. The molecular weight excluding hydrogens is 355 g/mol. The number of nitrogens with one attached hydrogen (secondary N) is 1. The van der Waals surface area contributed by atoms with Gasteiger partial charge in [-0.3, -0.25) is 4.79 Å². The van der Waals surface area contributed by atoms with Gasteiger partial charge in [-0.05, 0) is 35.4 Å². The van der Waals surface area contributed by atoms with Gasteiger partial charge in [0.1, 0.15) is 15.5 Å². The zero-order valence-electron chi connectivity index (χ0n) is 12.5. The van der Waals surface area contributed by atoms with Gasteiger partial charge in [-0.15, -0.1) is 0 Å². The Hall–Kier alpha value is -0.430. The maximum absolute atomic E-state index is 12.1. The van der Waals surface area contributed by atoms with Crippen molar-refractivity contribution in [2.45, 2.75) is 53.1 Å². The first-order valence-electron chi connectivity index (χ1n) is 6.60. The van der Waals surface area contributed by atoms with E-state index in [0.717, 1.165) is 5.69 Å². The maximum atomic E-state index is 12.1. The second-order valence-corrected chi connectivity index (χ2v) is 7.06. The molecule has 1 rings (SSSR count). The molecule has 19 heavy (non-hydrogen) atoms. The van der Waals surface area contributed by atoms with Crippen LogP contribution in [0.5, 0.6) is 0 Å². The lowest BCUT2D eigenvalue weighted by Gasteiger charge is -2.24. The number of aromatic nitrogens is 2. The smallest absolute Gasteiger partial charge is 0.264 e. The highest BCUT2D eigenvalue weighted by Gasteiger charge is 2.25. The Kier molecular flexibility index (Phi) is 5.55. The van der Waals surface area contributed by atoms with E-state index >= 15 is 0 Å². The standard InChI is InChI=1S/C14H23IN2O2/c1-7-19-10(8(2)3)12-16-11(14(4,5)6)9(15)13(18)17-12/h8,10H,7H2,1-6H3,(H,16,17,18). The molecular formula is C14H23IN2O2. The summed E-state index contributed by atoms with van der Waals surface area (Å²) >= 11 is 2.06. The van der Waals surface area contributed by atoms with Crippen LogP contribution in [0.2, 0.25) is 0 Å². The average Bonchev–Trinajstić information content (AvgIpc) is 2.27. The van der Waals surface area contributed by atoms with E-state index in [2.05, 4.69) is 67.2 Å². The lowest BCUT2D eigenvalue weighted by Crippen LogP contribution is -2.28. The summed E-state index contributed by atoms with van der Waals surface area (Å²) in [7, 11) is 0. The van der Waals surface area contributed by atoms with Crippen molar-refractivity contribution in [3.05, 3.63) is 25.4 Å². The van der Waals surface area contributed by atoms with Crippen LogP contribution in [0.15, 0.2) is 4.79 Å². The molecule has 1 aromatic rings. The zero-order chi connectivity index (χ0) is 14.8. The first kappa shape index (κ1) is 16.6. The number of ether oxygens (including phenoxy) is 1. The van der Waals surface area contributed by atoms with E-state index in [9.17, 15) is 4.79 Å². The number of hydrogen-bond donors (Lipinski definition) is 1. The molecule has 0 amide bonds. The van der Waals surface area contributed by atoms with Gasteiger partial charge < -0.3 is 9.72 Å². The van der Waals surface area contributed by atoms with E-state index in [0.29, 0.717) is 16.0 Å². The van der Waals surface area contributed by atoms with Crippen LogP contribution in [0.3, 0.4) is 0 Å². The fourth-order valence-electron chi connectivity index (χ4n) is 1.87. The van der Waals surface area contributed by atoms with Crippen molar-refractivity contribution in [2.75, 3.05) is 6.61 Å². The van der Waals surface area contributed by atoms with Gasteiger partial charge in [0.2, 0.25) is 0 Å². The van der Waals surface area contributed by atoms with Gasteiger partial charge in [0.25, 0.3) is 5.56 Å². The maximum Gasteiger partial charge on any atom is 0.264 e. The molecule has 5 heteroatoms. The summed E-state index contributed by atoms with van der Waals surface area (Å²) in [6.45, 7) is 12.9. The summed E-state index contributed by atoms with van der Waals surface area (Å²) in [6, 6.07) is 0. The van der Waals surface area contributed by atoms with Crippen molar-refractivity contribution < 1.29 is 4.74 Å². The fraction of sp³-hybridized carbons (Fsp3) is 0.714. The molecule has 0 saturated carbocycles. The van der Waals surface area contributed by atoms with Gasteiger partial charge in [0, 0.05) is 12.0 Å². The number of nitrogens with zero attached hydrogens (tertiary/aromatic N) is 1. The highest BCUT2D eigenvalue weighted by atomic mass is 127. The summed E-state index contributed by atoms with van der Waals surface area (Å²) in [5.41, 5.74) is 0.589. The van der Waals surface area contributed by atoms with Crippen LogP contribution in [0.1, 0.15) is 59.2 Å². The second kappa shape index (κ2) is 6.35. The summed E-state index contributed by atoms with van der Waals surface area (Å²) in [5, 5.41) is 0. The van der Waals surface area contributed by atoms with Gasteiger partial charge >= 0.3 is 0 Å². The van der Waals surface area contributed by atoms with Gasteiger partial charge in [0.05, 0.1) is 5.69 Å². The van der Waals surface area contributed by atoms with Crippen molar-refractivity contribution in [2.24, 2.45) is 5.92 Å². The zero-order valence-corrected chi connectivity index (χ0v) is 14.7. The predicted octanol–water partition coefficient (Wildman–Crippen LogP) is 3.41. The Bertz CT molecular complexity index is 489. The minimum atomic E-state index is -0.171. The number of rotatable bonds is 4. The van der Waals surface area contributed by atoms with Gasteiger partial charge in [0.15, 0.2) is 0 Å². The molecule has 0 bridgehead atoms. The minimum absolute atomic E-state index is 0.0825. The minimum Gasteiger partial charge on any atom is -0.370 e. The van der Waals surface area contributed by atoms with Crippen molar-refractivity contribution in [1.29, 1.82) is 0 Å². The van der Waals surface area contributed by atoms with Crippen LogP contribution in [-0.4, -0.2) is 16.6 Å². The Morgan fingerprint density at radius 1 is 1.37 bits per heavy atom. The highest BCUT2D eigenvalue weighted by Crippen LogP contribution is 2.27. The van der Waals surface area contributed by atoms with Crippen molar-refractivity contribution in [3.8, 4) is 0 Å². The molecule has 0 radical (unpaired) electrons. The molecule has 0 saturated heterocycles. The van der Waals surface area contributed by atoms with E-state index < -0.39 is 0 Å². The van der Waals surface area contributed by atoms with Crippen molar-refractivity contribution in [3.63, 3.8) is 0 Å². The van der Waals surface area contributed by atoms with Crippen LogP contribution in [0.4, 0.5) is 0 Å². The van der Waals surface area contributed by atoms with E-state index in [4.69, 9.17) is 4.74 Å². The first-order valence-corrected chi connectivity index (χ1v) is 7.68. The molecule has 0 aliphatic carbocycles. The Morgan fingerprint density at radius 3 is 2.37 bits per heavy atom. The van der Waals surface area contributed by atoms with E-state index in [1.165, 1.54) is 0 Å². The molecule has 0 aliphatic heterocycles. The second-order valence-electron chi connectivity index (χ2n) is 5.98. The van der Waals surface area contributed by atoms with E-state index in [-0.39, 0.29) is 23.0 Å². The molecule has 1 heterocycles.